The standard InChI is InChI=1S/C22H21NO4/c1-5-26-19-9-7-16-21(24)20(27-22(16)13(19)2)10-14-12-23(3)18-8-6-15(25-4)11-17(14)18/h6-12H,5H2,1-4H3/b20-10-. The Morgan fingerprint density at radius 1 is 1.22 bits per heavy atom. The highest BCUT2D eigenvalue weighted by molar-refractivity contribution is 6.15. The molecule has 2 heterocycles. The number of hydrogen-bond donors (Lipinski definition) is 0. The second-order valence-corrected chi connectivity index (χ2v) is 6.52. The molecule has 0 bridgehead atoms. The Hall–Kier alpha value is -3.21. The molecule has 0 amide bonds. The van der Waals surface area contributed by atoms with E-state index in [4.69, 9.17) is 14.2 Å². The molecular weight excluding hydrogens is 342 g/mol. The van der Waals surface area contributed by atoms with E-state index in [1.54, 1.807) is 19.3 Å². The van der Waals surface area contributed by atoms with Gasteiger partial charge in [0.1, 0.15) is 17.2 Å². The lowest BCUT2D eigenvalue weighted by atomic mass is 10.1. The van der Waals surface area contributed by atoms with Crippen LogP contribution in [0.25, 0.3) is 17.0 Å². The number of carbonyl (C=O) groups excluding carboxylic acids is 1. The lowest BCUT2D eigenvalue weighted by Gasteiger charge is -2.09. The molecule has 1 aliphatic heterocycles. The molecule has 0 unspecified atom stereocenters. The first kappa shape index (κ1) is 17.2. The molecule has 0 aliphatic carbocycles. The normalized spacial score (nSPS) is 14.5. The van der Waals surface area contributed by atoms with Crippen LogP contribution >= 0.6 is 0 Å². The first-order chi connectivity index (χ1) is 13.0. The molecule has 0 N–H and O–H groups in total. The van der Waals surface area contributed by atoms with Gasteiger partial charge in [-0.1, -0.05) is 0 Å². The van der Waals surface area contributed by atoms with Gasteiger partial charge in [0.05, 0.1) is 19.3 Å². The van der Waals surface area contributed by atoms with Crippen LogP contribution < -0.4 is 14.2 Å². The molecule has 0 fully saturated rings. The van der Waals surface area contributed by atoms with Crippen molar-refractivity contribution in [1.29, 1.82) is 0 Å². The third-order valence-corrected chi connectivity index (χ3v) is 4.85. The molecule has 0 atom stereocenters. The zero-order valence-corrected chi connectivity index (χ0v) is 15.8. The Labute approximate surface area is 157 Å². The predicted octanol–water partition coefficient (Wildman–Crippen LogP) is 4.51. The van der Waals surface area contributed by atoms with E-state index in [-0.39, 0.29) is 5.78 Å². The van der Waals surface area contributed by atoms with Gasteiger partial charge in [-0.2, -0.15) is 0 Å². The first-order valence-corrected chi connectivity index (χ1v) is 8.87. The van der Waals surface area contributed by atoms with Crippen LogP contribution in [0.5, 0.6) is 17.2 Å². The van der Waals surface area contributed by atoms with E-state index < -0.39 is 0 Å². The maximum absolute atomic E-state index is 12.8. The molecule has 5 heteroatoms. The monoisotopic (exact) mass is 363 g/mol. The van der Waals surface area contributed by atoms with E-state index in [1.807, 2.05) is 55.9 Å². The second-order valence-electron chi connectivity index (χ2n) is 6.52. The van der Waals surface area contributed by atoms with Crippen molar-refractivity contribution >= 4 is 22.8 Å². The fourth-order valence-electron chi connectivity index (χ4n) is 3.46. The lowest BCUT2D eigenvalue weighted by Crippen LogP contribution is -1.97. The van der Waals surface area contributed by atoms with Crippen molar-refractivity contribution in [2.45, 2.75) is 13.8 Å². The average Bonchev–Trinajstić information content (AvgIpc) is 3.15. The van der Waals surface area contributed by atoms with Crippen LogP contribution in [0.2, 0.25) is 0 Å². The fourth-order valence-corrected chi connectivity index (χ4v) is 3.46. The van der Waals surface area contributed by atoms with E-state index in [0.29, 0.717) is 23.7 Å². The second kappa shape index (κ2) is 6.50. The highest BCUT2D eigenvalue weighted by Gasteiger charge is 2.30. The van der Waals surface area contributed by atoms with Crippen molar-refractivity contribution in [3.8, 4) is 17.2 Å². The minimum absolute atomic E-state index is 0.115. The van der Waals surface area contributed by atoms with E-state index in [2.05, 4.69) is 0 Å². The number of nitrogens with zero attached hydrogens (tertiary/aromatic N) is 1. The van der Waals surface area contributed by atoms with Gasteiger partial charge < -0.3 is 18.8 Å². The summed E-state index contributed by atoms with van der Waals surface area (Å²) in [5.41, 5.74) is 3.37. The molecule has 0 saturated heterocycles. The predicted molar refractivity (Wildman–Crippen MR) is 105 cm³/mol. The summed E-state index contributed by atoms with van der Waals surface area (Å²) >= 11 is 0. The van der Waals surface area contributed by atoms with Crippen LogP contribution in [0.15, 0.2) is 42.3 Å². The van der Waals surface area contributed by atoms with Crippen molar-refractivity contribution < 1.29 is 19.0 Å². The van der Waals surface area contributed by atoms with Gasteiger partial charge in [0.15, 0.2) is 5.76 Å². The molecule has 0 saturated carbocycles. The lowest BCUT2D eigenvalue weighted by molar-refractivity contribution is 0.101. The number of carbonyl (C=O) groups is 1. The van der Waals surface area contributed by atoms with Crippen LogP contribution in [-0.4, -0.2) is 24.1 Å². The number of aryl methyl sites for hydroxylation is 1. The van der Waals surface area contributed by atoms with Gasteiger partial charge in [-0.15, -0.1) is 0 Å². The Morgan fingerprint density at radius 3 is 2.78 bits per heavy atom. The highest BCUT2D eigenvalue weighted by Crippen LogP contribution is 2.39. The van der Waals surface area contributed by atoms with Crippen molar-refractivity contribution in [2.24, 2.45) is 7.05 Å². The Bertz CT molecular complexity index is 1090. The van der Waals surface area contributed by atoms with E-state index >= 15 is 0 Å². The number of ether oxygens (including phenoxy) is 3. The number of benzene rings is 2. The summed E-state index contributed by atoms with van der Waals surface area (Å²) in [6, 6.07) is 9.48. The SMILES string of the molecule is CCOc1ccc2c(c1C)O/C(=C\c1cn(C)c3ccc(OC)cc13)C2=O. The summed E-state index contributed by atoms with van der Waals surface area (Å²) in [4.78, 5) is 12.8. The molecule has 3 aromatic rings. The molecule has 2 aromatic carbocycles. The molecule has 0 spiro atoms. The van der Waals surface area contributed by atoms with Crippen LogP contribution in [0.3, 0.4) is 0 Å². The molecular formula is C22H21NO4. The van der Waals surface area contributed by atoms with Gasteiger partial charge in [-0.05, 0) is 50.3 Å². The molecule has 0 radical (unpaired) electrons. The van der Waals surface area contributed by atoms with Gasteiger partial charge in [-0.25, -0.2) is 0 Å². The summed E-state index contributed by atoms with van der Waals surface area (Å²) in [6.45, 7) is 4.40. The van der Waals surface area contributed by atoms with Crippen LogP contribution in [0, 0.1) is 6.92 Å². The van der Waals surface area contributed by atoms with E-state index in [9.17, 15) is 4.79 Å². The van der Waals surface area contributed by atoms with Crippen molar-refractivity contribution in [3.05, 3.63) is 59.0 Å². The van der Waals surface area contributed by atoms with Crippen molar-refractivity contribution in [1.82, 2.24) is 4.57 Å². The van der Waals surface area contributed by atoms with Crippen molar-refractivity contribution in [3.63, 3.8) is 0 Å². The number of aromatic nitrogens is 1. The van der Waals surface area contributed by atoms with Gasteiger partial charge in [0.25, 0.3) is 0 Å². The Balaban J connectivity index is 1.78. The van der Waals surface area contributed by atoms with Crippen LogP contribution in [-0.2, 0) is 7.05 Å². The first-order valence-electron chi connectivity index (χ1n) is 8.87. The van der Waals surface area contributed by atoms with Gasteiger partial charge in [-0.3, -0.25) is 4.79 Å². The van der Waals surface area contributed by atoms with Crippen LogP contribution in [0.1, 0.15) is 28.4 Å². The third kappa shape index (κ3) is 2.76. The summed E-state index contributed by atoms with van der Waals surface area (Å²) < 4.78 is 18.9. The van der Waals surface area contributed by atoms with Gasteiger partial charge in [0, 0.05) is 35.3 Å². The molecule has 5 nitrogen and oxygen atoms in total. The minimum atomic E-state index is -0.115. The number of methoxy groups -OCH3 is 1. The number of allylic oxidation sites excluding steroid dienone is 1. The smallest absolute Gasteiger partial charge is 0.231 e. The fraction of sp³-hybridized carbons (Fsp3) is 0.227. The van der Waals surface area contributed by atoms with Gasteiger partial charge >= 0.3 is 0 Å². The number of fused-ring (bicyclic) bond motifs is 2. The van der Waals surface area contributed by atoms with E-state index in [0.717, 1.165) is 33.5 Å². The molecule has 1 aliphatic rings. The maximum Gasteiger partial charge on any atom is 0.231 e. The zero-order valence-electron chi connectivity index (χ0n) is 15.8. The van der Waals surface area contributed by atoms with E-state index in [1.165, 1.54) is 0 Å². The minimum Gasteiger partial charge on any atom is -0.497 e. The average molecular weight is 363 g/mol. The number of ketones is 1. The van der Waals surface area contributed by atoms with Gasteiger partial charge in [0.2, 0.25) is 5.78 Å². The third-order valence-electron chi connectivity index (χ3n) is 4.85. The topological polar surface area (TPSA) is 49.7 Å². The van der Waals surface area contributed by atoms with Crippen molar-refractivity contribution in [2.75, 3.05) is 13.7 Å². The summed E-state index contributed by atoms with van der Waals surface area (Å²) in [5.74, 6) is 2.29. The molecule has 27 heavy (non-hydrogen) atoms. The molecule has 1 aromatic heterocycles. The van der Waals surface area contributed by atoms with Crippen LogP contribution in [0.4, 0.5) is 0 Å². The molecule has 138 valence electrons. The quantitative estimate of drug-likeness (QED) is 0.640. The largest absolute Gasteiger partial charge is 0.497 e. The number of rotatable bonds is 4. The summed E-state index contributed by atoms with van der Waals surface area (Å²) in [7, 11) is 3.61. The Morgan fingerprint density at radius 2 is 2.04 bits per heavy atom. The summed E-state index contributed by atoms with van der Waals surface area (Å²) in [6.07, 6.45) is 3.78. The maximum atomic E-state index is 12.8. The zero-order chi connectivity index (χ0) is 19.1. The Kier molecular flexibility index (Phi) is 4.15. The molecule has 4 rings (SSSR count). The highest BCUT2D eigenvalue weighted by atomic mass is 16.5. The number of Topliss-reactive ketones (excluding diaryl/α,β-unsaturated/α-hetero) is 1. The number of hydrogen-bond acceptors (Lipinski definition) is 4. The summed E-state index contributed by atoms with van der Waals surface area (Å²) in [5, 5.41) is 1.00.